The standard InChI is InChI=1S/C12H21N3/c1-9(2)13-7-5-6-12-10(3)14-8-15-11(12)4/h8-9,13H,5-7H2,1-4H3. The van der Waals surface area contributed by atoms with Gasteiger partial charge in [0.25, 0.3) is 0 Å². The first-order valence-electron chi connectivity index (χ1n) is 5.61. The molecular formula is C12H21N3. The highest BCUT2D eigenvalue weighted by atomic mass is 14.9. The maximum atomic E-state index is 4.22. The molecule has 15 heavy (non-hydrogen) atoms. The van der Waals surface area contributed by atoms with Crippen LogP contribution in [0.15, 0.2) is 6.33 Å². The lowest BCUT2D eigenvalue weighted by Gasteiger charge is -2.10. The summed E-state index contributed by atoms with van der Waals surface area (Å²) in [6, 6.07) is 0.569. The van der Waals surface area contributed by atoms with Crippen molar-refractivity contribution in [2.24, 2.45) is 0 Å². The van der Waals surface area contributed by atoms with Crippen LogP contribution in [0.4, 0.5) is 0 Å². The van der Waals surface area contributed by atoms with Gasteiger partial charge in [0.1, 0.15) is 6.33 Å². The van der Waals surface area contributed by atoms with Crippen LogP contribution in [-0.2, 0) is 6.42 Å². The van der Waals surface area contributed by atoms with Crippen LogP contribution in [0.5, 0.6) is 0 Å². The van der Waals surface area contributed by atoms with Crippen LogP contribution in [0.3, 0.4) is 0 Å². The molecule has 0 bridgehead atoms. The lowest BCUT2D eigenvalue weighted by molar-refractivity contribution is 0.569. The molecular weight excluding hydrogens is 186 g/mol. The van der Waals surface area contributed by atoms with Crippen LogP contribution < -0.4 is 5.32 Å². The average Bonchev–Trinajstić information content (AvgIpc) is 2.15. The molecule has 1 rings (SSSR count). The van der Waals surface area contributed by atoms with Gasteiger partial charge >= 0.3 is 0 Å². The third-order valence-electron chi connectivity index (χ3n) is 2.53. The van der Waals surface area contributed by atoms with E-state index in [0.717, 1.165) is 30.8 Å². The van der Waals surface area contributed by atoms with Gasteiger partial charge in [-0.3, -0.25) is 0 Å². The summed E-state index contributed by atoms with van der Waals surface area (Å²) in [5.41, 5.74) is 3.54. The second-order valence-electron chi connectivity index (χ2n) is 4.24. The van der Waals surface area contributed by atoms with Crippen LogP contribution in [0.1, 0.15) is 37.2 Å². The van der Waals surface area contributed by atoms with Gasteiger partial charge in [-0.15, -0.1) is 0 Å². The summed E-state index contributed by atoms with van der Waals surface area (Å²) >= 11 is 0. The third-order valence-corrected chi connectivity index (χ3v) is 2.53. The monoisotopic (exact) mass is 207 g/mol. The van der Waals surface area contributed by atoms with Crippen LogP contribution in [0.25, 0.3) is 0 Å². The summed E-state index contributed by atoms with van der Waals surface area (Å²) in [6.07, 6.45) is 3.85. The highest BCUT2D eigenvalue weighted by molar-refractivity contribution is 5.22. The van der Waals surface area contributed by atoms with Crippen molar-refractivity contribution in [3.05, 3.63) is 23.3 Å². The molecule has 3 heteroatoms. The molecule has 0 saturated heterocycles. The molecule has 1 heterocycles. The minimum atomic E-state index is 0.569. The molecule has 0 saturated carbocycles. The predicted molar refractivity (Wildman–Crippen MR) is 63.0 cm³/mol. The fourth-order valence-corrected chi connectivity index (χ4v) is 1.64. The van der Waals surface area contributed by atoms with E-state index >= 15 is 0 Å². The molecule has 1 aromatic heterocycles. The van der Waals surface area contributed by atoms with Crippen molar-refractivity contribution in [1.82, 2.24) is 15.3 Å². The fourth-order valence-electron chi connectivity index (χ4n) is 1.64. The fraction of sp³-hybridized carbons (Fsp3) is 0.667. The number of hydrogen-bond donors (Lipinski definition) is 1. The number of nitrogens with zero attached hydrogens (tertiary/aromatic N) is 2. The normalized spacial score (nSPS) is 11.0. The van der Waals surface area contributed by atoms with E-state index in [1.807, 2.05) is 0 Å². The van der Waals surface area contributed by atoms with Crippen LogP contribution >= 0.6 is 0 Å². The smallest absolute Gasteiger partial charge is 0.115 e. The lowest BCUT2D eigenvalue weighted by Crippen LogP contribution is -2.24. The van der Waals surface area contributed by atoms with Gasteiger partial charge in [0.2, 0.25) is 0 Å². The number of rotatable bonds is 5. The Morgan fingerprint density at radius 1 is 1.20 bits per heavy atom. The van der Waals surface area contributed by atoms with Crippen molar-refractivity contribution in [1.29, 1.82) is 0 Å². The predicted octanol–water partition coefficient (Wildman–Crippen LogP) is 2.02. The van der Waals surface area contributed by atoms with Gasteiger partial charge in [0.15, 0.2) is 0 Å². The first-order valence-corrected chi connectivity index (χ1v) is 5.61. The van der Waals surface area contributed by atoms with Crippen molar-refractivity contribution in [3.8, 4) is 0 Å². The number of hydrogen-bond acceptors (Lipinski definition) is 3. The van der Waals surface area contributed by atoms with Gasteiger partial charge in [-0.2, -0.15) is 0 Å². The highest BCUT2D eigenvalue weighted by Gasteiger charge is 2.03. The Hall–Kier alpha value is -0.960. The Morgan fingerprint density at radius 2 is 1.80 bits per heavy atom. The van der Waals surface area contributed by atoms with E-state index in [1.165, 1.54) is 5.56 Å². The summed E-state index contributed by atoms with van der Waals surface area (Å²) in [5.74, 6) is 0. The van der Waals surface area contributed by atoms with Gasteiger partial charge in [0.05, 0.1) is 0 Å². The largest absolute Gasteiger partial charge is 0.315 e. The minimum absolute atomic E-state index is 0.569. The quantitative estimate of drug-likeness (QED) is 0.751. The van der Waals surface area contributed by atoms with Crippen molar-refractivity contribution < 1.29 is 0 Å². The Kier molecular flexibility index (Phi) is 4.69. The summed E-state index contributed by atoms with van der Waals surface area (Å²) in [7, 11) is 0. The van der Waals surface area contributed by atoms with Crippen molar-refractivity contribution in [2.75, 3.05) is 6.54 Å². The van der Waals surface area contributed by atoms with E-state index in [9.17, 15) is 0 Å². The number of aryl methyl sites for hydroxylation is 2. The van der Waals surface area contributed by atoms with Gasteiger partial charge < -0.3 is 5.32 Å². The molecule has 0 unspecified atom stereocenters. The van der Waals surface area contributed by atoms with E-state index in [-0.39, 0.29) is 0 Å². The Morgan fingerprint density at radius 3 is 2.33 bits per heavy atom. The number of aromatic nitrogens is 2. The summed E-state index contributed by atoms with van der Waals surface area (Å²) in [5, 5.41) is 3.41. The summed E-state index contributed by atoms with van der Waals surface area (Å²) in [6.45, 7) is 9.51. The van der Waals surface area contributed by atoms with E-state index in [4.69, 9.17) is 0 Å². The first-order chi connectivity index (χ1) is 7.11. The average molecular weight is 207 g/mol. The minimum Gasteiger partial charge on any atom is -0.315 e. The van der Waals surface area contributed by atoms with Crippen LogP contribution in [0, 0.1) is 13.8 Å². The molecule has 0 atom stereocenters. The zero-order chi connectivity index (χ0) is 11.3. The van der Waals surface area contributed by atoms with Gasteiger partial charge in [-0.05, 0) is 38.8 Å². The summed E-state index contributed by atoms with van der Waals surface area (Å²) in [4.78, 5) is 8.44. The van der Waals surface area contributed by atoms with Gasteiger partial charge in [0, 0.05) is 17.4 Å². The second kappa shape index (κ2) is 5.81. The molecule has 1 aromatic rings. The molecule has 3 nitrogen and oxygen atoms in total. The van der Waals surface area contributed by atoms with Crippen LogP contribution in [-0.4, -0.2) is 22.6 Å². The van der Waals surface area contributed by atoms with Gasteiger partial charge in [-0.1, -0.05) is 13.8 Å². The molecule has 0 aliphatic rings. The van der Waals surface area contributed by atoms with E-state index < -0.39 is 0 Å². The lowest BCUT2D eigenvalue weighted by atomic mass is 10.1. The Balaban J connectivity index is 2.43. The van der Waals surface area contributed by atoms with Gasteiger partial charge in [-0.25, -0.2) is 9.97 Å². The highest BCUT2D eigenvalue weighted by Crippen LogP contribution is 2.10. The zero-order valence-electron chi connectivity index (χ0n) is 10.2. The molecule has 0 aliphatic carbocycles. The molecule has 0 aromatic carbocycles. The Bertz CT molecular complexity index is 287. The SMILES string of the molecule is Cc1ncnc(C)c1CCCNC(C)C. The first kappa shape index (κ1) is 12.1. The topological polar surface area (TPSA) is 37.8 Å². The van der Waals surface area contributed by atoms with Crippen molar-refractivity contribution in [2.45, 2.75) is 46.6 Å². The molecule has 0 aliphatic heterocycles. The molecule has 0 radical (unpaired) electrons. The maximum Gasteiger partial charge on any atom is 0.115 e. The molecule has 0 amide bonds. The molecule has 84 valence electrons. The van der Waals surface area contributed by atoms with Crippen molar-refractivity contribution >= 4 is 0 Å². The molecule has 0 fully saturated rings. The second-order valence-corrected chi connectivity index (χ2v) is 4.24. The third kappa shape index (κ3) is 3.96. The Labute approximate surface area is 92.3 Å². The van der Waals surface area contributed by atoms with Crippen LogP contribution in [0.2, 0.25) is 0 Å². The van der Waals surface area contributed by atoms with E-state index in [0.29, 0.717) is 6.04 Å². The van der Waals surface area contributed by atoms with E-state index in [2.05, 4.69) is 43.0 Å². The van der Waals surface area contributed by atoms with E-state index in [1.54, 1.807) is 6.33 Å². The molecule has 1 N–H and O–H groups in total. The molecule has 0 spiro atoms. The van der Waals surface area contributed by atoms with Crippen molar-refractivity contribution in [3.63, 3.8) is 0 Å². The number of nitrogens with one attached hydrogen (secondary N) is 1. The summed E-state index contributed by atoms with van der Waals surface area (Å²) < 4.78 is 0. The maximum absolute atomic E-state index is 4.22. The zero-order valence-corrected chi connectivity index (χ0v) is 10.2.